The van der Waals surface area contributed by atoms with Crippen LogP contribution in [0.3, 0.4) is 0 Å². The highest BCUT2D eigenvalue weighted by atomic mass is 16.5. The van der Waals surface area contributed by atoms with Gasteiger partial charge < -0.3 is 15.4 Å². The lowest BCUT2D eigenvalue weighted by atomic mass is 9.47. The number of hydrogen-bond donors (Lipinski definition) is 1. The maximum Gasteiger partial charge on any atom is 0.243 e. The molecule has 2 saturated heterocycles. The van der Waals surface area contributed by atoms with E-state index in [1.165, 1.54) is 6.42 Å². The van der Waals surface area contributed by atoms with Crippen molar-refractivity contribution >= 4 is 5.91 Å². The summed E-state index contributed by atoms with van der Waals surface area (Å²) in [6.45, 7) is 8.00. The van der Waals surface area contributed by atoms with E-state index in [0.29, 0.717) is 6.04 Å². The second-order valence-electron chi connectivity index (χ2n) is 7.33. The Bertz CT molecular complexity index is 409. The number of ether oxygens (including phenoxy) is 1. The number of carbonyl (C=O) groups excluding carboxylic acids is 1. The Balaban J connectivity index is 1.85. The highest BCUT2D eigenvalue weighted by molar-refractivity contribution is 5.90. The van der Waals surface area contributed by atoms with Crippen molar-refractivity contribution < 1.29 is 9.53 Å². The zero-order valence-electron chi connectivity index (χ0n) is 13.0. The molecule has 2 N–H and O–H groups in total. The first kappa shape index (κ1) is 14.3. The molecule has 20 heavy (non-hydrogen) atoms. The molecule has 3 rings (SSSR count). The Morgan fingerprint density at radius 3 is 2.80 bits per heavy atom. The van der Waals surface area contributed by atoms with E-state index in [1.54, 1.807) is 0 Å². The van der Waals surface area contributed by atoms with Crippen molar-refractivity contribution in [1.29, 1.82) is 0 Å². The van der Waals surface area contributed by atoms with Crippen molar-refractivity contribution in [3.8, 4) is 0 Å². The Hall–Kier alpha value is -0.610. The Kier molecular flexibility index (Phi) is 3.37. The first-order chi connectivity index (χ1) is 9.44. The molecule has 0 aromatic heterocycles. The van der Waals surface area contributed by atoms with Crippen LogP contribution in [0.2, 0.25) is 0 Å². The van der Waals surface area contributed by atoms with E-state index < -0.39 is 5.54 Å². The molecule has 2 heterocycles. The molecule has 114 valence electrons. The van der Waals surface area contributed by atoms with Crippen LogP contribution in [0.1, 0.15) is 52.9 Å². The summed E-state index contributed by atoms with van der Waals surface area (Å²) in [5.41, 5.74) is 5.71. The number of rotatable bonds is 2. The van der Waals surface area contributed by atoms with Crippen molar-refractivity contribution in [3.63, 3.8) is 0 Å². The van der Waals surface area contributed by atoms with Gasteiger partial charge in [0, 0.05) is 30.5 Å². The van der Waals surface area contributed by atoms with Crippen LogP contribution in [0.25, 0.3) is 0 Å². The van der Waals surface area contributed by atoms with E-state index in [1.807, 2.05) is 0 Å². The minimum atomic E-state index is -0.723. The van der Waals surface area contributed by atoms with Gasteiger partial charge in [0.15, 0.2) is 0 Å². The van der Waals surface area contributed by atoms with Crippen LogP contribution in [0.5, 0.6) is 0 Å². The molecule has 2 aliphatic heterocycles. The predicted octanol–water partition coefficient (Wildman–Crippen LogP) is 1.92. The monoisotopic (exact) mass is 280 g/mol. The molecule has 4 nitrogen and oxygen atoms in total. The maximum absolute atomic E-state index is 13.2. The molecule has 0 bridgehead atoms. The predicted molar refractivity (Wildman–Crippen MR) is 78.2 cm³/mol. The van der Waals surface area contributed by atoms with E-state index in [2.05, 4.69) is 25.7 Å². The highest BCUT2D eigenvalue weighted by Gasteiger charge is 2.72. The van der Waals surface area contributed by atoms with Crippen molar-refractivity contribution in [2.45, 2.75) is 70.6 Å². The van der Waals surface area contributed by atoms with Gasteiger partial charge in [-0.05, 0) is 32.1 Å². The summed E-state index contributed by atoms with van der Waals surface area (Å²) in [5.74, 6) is 0.394. The van der Waals surface area contributed by atoms with Gasteiger partial charge in [0.1, 0.15) is 5.54 Å². The van der Waals surface area contributed by atoms with Gasteiger partial charge >= 0.3 is 0 Å². The number of likely N-dealkylation sites (tertiary alicyclic amines) is 1. The summed E-state index contributed by atoms with van der Waals surface area (Å²) < 4.78 is 5.80. The minimum Gasteiger partial charge on any atom is -0.377 e. The fraction of sp³-hybridized carbons (Fsp3) is 0.938. The third-order valence-corrected chi connectivity index (χ3v) is 6.17. The molecule has 1 saturated carbocycles. The molecule has 4 unspecified atom stereocenters. The summed E-state index contributed by atoms with van der Waals surface area (Å²) in [4.78, 5) is 15.3. The van der Waals surface area contributed by atoms with E-state index in [4.69, 9.17) is 10.5 Å². The van der Waals surface area contributed by atoms with Crippen LogP contribution in [0, 0.1) is 11.3 Å². The second-order valence-corrected chi connectivity index (χ2v) is 7.33. The normalized spacial score (nSPS) is 43.0. The maximum atomic E-state index is 13.2. The molecule has 0 spiro atoms. The number of carbonyl (C=O) groups is 1. The van der Waals surface area contributed by atoms with Gasteiger partial charge in [-0.2, -0.15) is 0 Å². The molecule has 4 atom stereocenters. The van der Waals surface area contributed by atoms with Crippen molar-refractivity contribution in [2.24, 2.45) is 17.1 Å². The number of nitrogens with zero attached hydrogens (tertiary/aromatic N) is 1. The first-order valence-electron chi connectivity index (χ1n) is 8.16. The number of nitrogens with two attached hydrogens (primary N) is 1. The van der Waals surface area contributed by atoms with Crippen LogP contribution < -0.4 is 5.73 Å². The molecule has 1 aliphatic carbocycles. The number of piperidine rings is 1. The molecule has 1 amide bonds. The molecular weight excluding hydrogens is 252 g/mol. The Morgan fingerprint density at radius 1 is 1.35 bits per heavy atom. The largest absolute Gasteiger partial charge is 0.377 e. The topological polar surface area (TPSA) is 55.6 Å². The van der Waals surface area contributed by atoms with E-state index in [0.717, 1.165) is 38.8 Å². The summed E-state index contributed by atoms with van der Waals surface area (Å²) in [7, 11) is 0. The number of hydrogen-bond acceptors (Lipinski definition) is 3. The zero-order chi connectivity index (χ0) is 14.5. The number of fused-ring (bicyclic) bond motifs is 1. The van der Waals surface area contributed by atoms with Gasteiger partial charge in [0.25, 0.3) is 0 Å². The second kappa shape index (κ2) is 4.70. The average molecular weight is 280 g/mol. The third-order valence-electron chi connectivity index (χ3n) is 6.17. The van der Waals surface area contributed by atoms with Gasteiger partial charge in [-0.15, -0.1) is 0 Å². The van der Waals surface area contributed by atoms with Crippen LogP contribution in [0.4, 0.5) is 0 Å². The van der Waals surface area contributed by atoms with E-state index in [9.17, 15) is 4.79 Å². The van der Waals surface area contributed by atoms with Gasteiger partial charge in [-0.3, -0.25) is 4.79 Å². The van der Waals surface area contributed by atoms with Crippen LogP contribution in [0.15, 0.2) is 0 Å². The van der Waals surface area contributed by atoms with Crippen LogP contribution in [-0.2, 0) is 9.53 Å². The lowest BCUT2D eigenvalue weighted by Gasteiger charge is -2.62. The molecule has 3 fully saturated rings. The smallest absolute Gasteiger partial charge is 0.243 e. The molecular formula is C16H28N2O2. The van der Waals surface area contributed by atoms with Crippen molar-refractivity contribution in [3.05, 3.63) is 0 Å². The van der Waals surface area contributed by atoms with Crippen LogP contribution >= 0.6 is 0 Å². The van der Waals surface area contributed by atoms with Crippen molar-refractivity contribution in [1.82, 2.24) is 4.90 Å². The molecule has 0 aromatic rings. The van der Waals surface area contributed by atoms with Gasteiger partial charge in [0.05, 0.1) is 6.10 Å². The summed E-state index contributed by atoms with van der Waals surface area (Å²) in [6.07, 6.45) is 5.61. The lowest BCUT2D eigenvalue weighted by Crippen LogP contribution is -2.80. The van der Waals surface area contributed by atoms with E-state index in [-0.39, 0.29) is 23.3 Å². The fourth-order valence-corrected chi connectivity index (χ4v) is 4.75. The van der Waals surface area contributed by atoms with Crippen LogP contribution in [-0.4, -0.2) is 41.6 Å². The van der Waals surface area contributed by atoms with Crippen molar-refractivity contribution in [2.75, 3.05) is 13.2 Å². The lowest BCUT2D eigenvalue weighted by molar-refractivity contribution is -0.187. The molecule has 3 aliphatic rings. The Morgan fingerprint density at radius 2 is 2.10 bits per heavy atom. The van der Waals surface area contributed by atoms with Gasteiger partial charge in [0.2, 0.25) is 5.91 Å². The molecule has 0 aromatic carbocycles. The van der Waals surface area contributed by atoms with Gasteiger partial charge in [-0.25, -0.2) is 0 Å². The summed E-state index contributed by atoms with van der Waals surface area (Å²) in [6, 6.07) is 0.383. The average Bonchev–Trinajstić information content (AvgIpc) is 2.94. The first-order valence-corrected chi connectivity index (χ1v) is 8.16. The molecule has 4 heteroatoms. The quantitative estimate of drug-likeness (QED) is 0.841. The highest BCUT2D eigenvalue weighted by Crippen LogP contribution is 2.59. The van der Waals surface area contributed by atoms with E-state index >= 15 is 0 Å². The summed E-state index contributed by atoms with van der Waals surface area (Å²) in [5, 5.41) is 0. The fourth-order valence-electron chi connectivity index (χ4n) is 4.75. The standard InChI is InChI=1S/C16H28N2O2/c1-4-11-7-5-6-9-18(11)14(19)16(17)12-8-10-20-13(12)15(16,2)3/h11-13H,4-10,17H2,1-3H3. The summed E-state index contributed by atoms with van der Waals surface area (Å²) >= 11 is 0. The Labute approximate surface area is 122 Å². The zero-order valence-corrected chi connectivity index (χ0v) is 13.0. The molecule has 0 radical (unpaired) electrons. The SMILES string of the molecule is CCC1CCCCN1C(=O)C1(N)C2CCOC2C1(C)C. The van der Waals surface area contributed by atoms with Gasteiger partial charge in [-0.1, -0.05) is 20.8 Å². The third kappa shape index (κ3) is 1.64. The minimum absolute atomic E-state index is 0.168. The number of amides is 1.